The monoisotopic (exact) mass is 382 g/mol. The number of hydrogen-bond acceptors (Lipinski definition) is 4. The second kappa shape index (κ2) is 12.5. The van der Waals surface area contributed by atoms with E-state index in [9.17, 15) is 5.11 Å². The van der Waals surface area contributed by atoms with Crippen LogP contribution in [0.15, 0.2) is 24.3 Å². The second-order valence-corrected chi connectivity index (χ2v) is 11.9. The number of aliphatic hydroxyl groups excluding tert-OH is 1. The molecule has 0 aliphatic carbocycles. The highest BCUT2D eigenvalue weighted by atomic mass is 28.4. The third-order valence-corrected chi connectivity index (χ3v) is 10.0. The van der Waals surface area contributed by atoms with Crippen LogP contribution in [0, 0.1) is 5.92 Å². The standard InChI is InChI=1S/C21H38O4Si/c1-6-26(7-2,8-3)25-21(15-18(4)16-22)13-14-24-17-19-9-11-20(23-5)12-10-19/h9-12,18,21-22H,6-8,13-17H2,1-5H3/t18?,21-/m0/s1. The summed E-state index contributed by atoms with van der Waals surface area (Å²) in [5.74, 6) is 1.12. The molecule has 0 spiro atoms. The Kier molecular flexibility index (Phi) is 11.1. The molecule has 2 atom stereocenters. The quantitative estimate of drug-likeness (QED) is 0.363. The fourth-order valence-corrected chi connectivity index (χ4v) is 6.15. The Morgan fingerprint density at radius 3 is 2.15 bits per heavy atom. The third kappa shape index (κ3) is 7.78. The lowest BCUT2D eigenvalue weighted by Gasteiger charge is -2.34. The SMILES string of the molecule is CC[Si](CC)(CC)O[C@@H](CCOCc1ccc(OC)cc1)CC(C)CO. The summed E-state index contributed by atoms with van der Waals surface area (Å²) in [6.45, 7) is 10.3. The Morgan fingerprint density at radius 1 is 1.04 bits per heavy atom. The minimum atomic E-state index is -1.65. The van der Waals surface area contributed by atoms with Crippen LogP contribution >= 0.6 is 0 Å². The third-order valence-electron chi connectivity index (χ3n) is 5.34. The molecule has 0 saturated carbocycles. The molecular weight excluding hydrogens is 344 g/mol. The van der Waals surface area contributed by atoms with Crippen LogP contribution in [-0.4, -0.2) is 39.9 Å². The normalized spacial score (nSPS) is 14.2. The average Bonchev–Trinajstić information content (AvgIpc) is 2.69. The topological polar surface area (TPSA) is 47.9 Å². The van der Waals surface area contributed by atoms with Gasteiger partial charge in [0.25, 0.3) is 0 Å². The molecule has 4 nitrogen and oxygen atoms in total. The number of rotatable bonds is 14. The van der Waals surface area contributed by atoms with E-state index >= 15 is 0 Å². The molecule has 1 aromatic rings. The van der Waals surface area contributed by atoms with Gasteiger partial charge < -0.3 is 19.0 Å². The molecule has 0 heterocycles. The number of aliphatic hydroxyl groups is 1. The summed E-state index contributed by atoms with van der Waals surface area (Å²) < 4.78 is 17.7. The largest absolute Gasteiger partial charge is 0.497 e. The van der Waals surface area contributed by atoms with E-state index in [0.717, 1.165) is 42.3 Å². The van der Waals surface area contributed by atoms with Crippen LogP contribution in [0.25, 0.3) is 0 Å². The highest BCUT2D eigenvalue weighted by Gasteiger charge is 2.32. The van der Waals surface area contributed by atoms with Crippen LogP contribution in [0.2, 0.25) is 18.1 Å². The van der Waals surface area contributed by atoms with E-state index in [1.54, 1.807) is 7.11 Å². The first-order valence-electron chi connectivity index (χ1n) is 10.0. The molecule has 0 aliphatic heterocycles. The van der Waals surface area contributed by atoms with Crippen LogP contribution in [0.3, 0.4) is 0 Å². The zero-order chi connectivity index (χ0) is 19.4. The smallest absolute Gasteiger partial charge is 0.192 e. The molecule has 0 amide bonds. The molecule has 0 aliphatic rings. The highest BCUT2D eigenvalue weighted by Crippen LogP contribution is 2.27. The summed E-state index contributed by atoms with van der Waals surface area (Å²) in [4.78, 5) is 0. The van der Waals surface area contributed by atoms with Crippen molar-refractivity contribution in [2.24, 2.45) is 5.92 Å². The van der Waals surface area contributed by atoms with Crippen LogP contribution < -0.4 is 4.74 Å². The van der Waals surface area contributed by atoms with Gasteiger partial charge in [0.05, 0.1) is 13.7 Å². The highest BCUT2D eigenvalue weighted by molar-refractivity contribution is 6.73. The molecule has 1 unspecified atom stereocenters. The van der Waals surface area contributed by atoms with Crippen LogP contribution in [0.4, 0.5) is 0 Å². The van der Waals surface area contributed by atoms with Crippen molar-refractivity contribution in [2.45, 2.75) is 71.4 Å². The summed E-state index contributed by atoms with van der Waals surface area (Å²) in [7, 11) is 0.0261. The van der Waals surface area contributed by atoms with Gasteiger partial charge in [-0.1, -0.05) is 39.8 Å². The van der Waals surface area contributed by atoms with Crippen molar-refractivity contribution in [3.63, 3.8) is 0 Å². The van der Waals surface area contributed by atoms with Crippen molar-refractivity contribution < 1.29 is 19.0 Å². The van der Waals surface area contributed by atoms with Gasteiger partial charge in [-0.25, -0.2) is 0 Å². The van der Waals surface area contributed by atoms with Gasteiger partial charge >= 0.3 is 0 Å². The van der Waals surface area contributed by atoms with Crippen LogP contribution in [-0.2, 0) is 15.8 Å². The summed E-state index contributed by atoms with van der Waals surface area (Å²) in [5.41, 5.74) is 1.14. The molecule has 1 aromatic carbocycles. The maximum atomic E-state index is 9.43. The lowest BCUT2D eigenvalue weighted by atomic mass is 10.0. The van der Waals surface area contributed by atoms with Crippen LogP contribution in [0.5, 0.6) is 5.75 Å². The minimum Gasteiger partial charge on any atom is -0.497 e. The van der Waals surface area contributed by atoms with E-state index in [0.29, 0.717) is 13.2 Å². The average molecular weight is 383 g/mol. The van der Waals surface area contributed by atoms with E-state index in [1.807, 2.05) is 24.3 Å². The molecule has 150 valence electrons. The minimum absolute atomic E-state index is 0.180. The molecule has 0 bridgehead atoms. The van der Waals surface area contributed by atoms with Gasteiger partial charge in [0.2, 0.25) is 0 Å². The van der Waals surface area contributed by atoms with Gasteiger partial charge in [0.1, 0.15) is 5.75 Å². The number of ether oxygens (including phenoxy) is 2. The van der Waals surface area contributed by atoms with E-state index < -0.39 is 8.32 Å². The lowest BCUT2D eigenvalue weighted by molar-refractivity contribution is 0.0641. The van der Waals surface area contributed by atoms with Gasteiger partial charge in [-0.05, 0) is 54.6 Å². The Bertz CT molecular complexity index is 465. The van der Waals surface area contributed by atoms with Gasteiger partial charge in [0.15, 0.2) is 8.32 Å². The van der Waals surface area contributed by atoms with Crippen molar-refractivity contribution in [3.8, 4) is 5.75 Å². The maximum absolute atomic E-state index is 9.43. The molecule has 26 heavy (non-hydrogen) atoms. The Balaban J connectivity index is 2.53. The van der Waals surface area contributed by atoms with E-state index in [1.165, 1.54) is 0 Å². The summed E-state index contributed by atoms with van der Waals surface area (Å²) >= 11 is 0. The molecule has 0 fully saturated rings. The first-order valence-corrected chi connectivity index (χ1v) is 12.5. The molecule has 1 rings (SSSR count). The molecule has 0 aromatic heterocycles. The summed E-state index contributed by atoms with van der Waals surface area (Å²) in [6, 6.07) is 11.4. The van der Waals surface area contributed by atoms with Gasteiger partial charge in [0, 0.05) is 19.3 Å². The zero-order valence-corrected chi connectivity index (χ0v) is 18.3. The number of benzene rings is 1. The van der Waals surface area contributed by atoms with Crippen molar-refractivity contribution in [3.05, 3.63) is 29.8 Å². The second-order valence-electron chi connectivity index (χ2n) is 7.20. The lowest BCUT2D eigenvalue weighted by Crippen LogP contribution is -2.41. The summed E-state index contributed by atoms with van der Waals surface area (Å²) in [5, 5.41) is 9.43. The van der Waals surface area contributed by atoms with Crippen molar-refractivity contribution in [1.82, 2.24) is 0 Å². The predicted molar refractivity (Wildman–Crippen MR) is 110 cm³/mol. The van der Waals surface area contributed by atoms with Crippen molar-refractivity contribution in [2.75, 3.05) is 20.3 Å². The van der Waals surface area contributed by atoms with Crippen LogP contribution in [0.1, 0.15) is 46.1 Å². The van der Waals surface area contributed by atoms with Gasteiger partial charge in [-0.3, -0.25) is 0 Å². The van der Waals surface area contributed by atoms with E-state index in [4.69, 9.17) is 13.9 Å². The number of methoxy groups -OCH3 is 1. The zero-order valence-electron chi connectivity index (χ0n) is 17.3. The first kappa shape index (κ1) is 23.2. The van der Waals surface area contributed by atoms with E-state index in [-0.39, 0.29) is 18.6 Å². The first-order chi connectivity index (χ1) is 12.5. The van der Waals surface area contributed by atoms with Crippen molar-refractivity contribution >= 4 is 8.32 Å². The fourth-order valence-electron chi connectivity index (χ4n) is 3.23. The Labute approximate surface area is 161 Å². The van der Waals surface area contributed by atoms with Gasteiger partial charge in [-0.2, -0.15) is 0 Å². The maximum Gasteiger partial charge on any atom is 0.192 e. The molecular formula is C21H38O4Si. The fraction of sp³-hybridized carbons (Fsp3) is 0.714. The van der Waals surface area contributed by atoms with Crippen molar-refractivity contribution in [1.29, 1.82) is 0 Å². The molecule has 0 radical (unpaired) electrons. The Hall–Kier alpha value is -0.883. The molecule has 1 N–H and O–H groups in total. The molecule has 5 heteroatoms. The Morgan fingerprint density at radius 2 is 1.65 bits per heavy atom. The van der Waals surface area contributed by atoms with Gasteiger partial charge in [-0.15, -0.1) is 0 Å². The summed E-state index contributed by atoms with van der Waals surface area (Å²) in [6.07, 6.45) is 1.96. The van der Waals surface area contributed by atoms with E-state index in [2.05, 4.69) is 27.7 Å². The predicted octanol–water partition coefficient (Wildman–Crippen LogP) is 5.01. The number of hydrogen-bond donors (Lipinski definition) is 1. The molecule has 0 saturated heterocycles.